The molecule has 3 aromatic rings. The predicted octanol–water partition coefficient (Wildman–Crippen LogP) is 8.19. The van der Waals surface area contributed by atoms with Crippen molar-refractivity contribution in [2.24, 2.45) is 0 Å². The molecule has 1 aliphatic rings. The lowest BCUT2D eigenvalue weighted by atomic mass is 10.0. The minimum absolute atomic E-state index is 0.0391. The Bertz CT molecular complexity index is 1570. The molecule has 0 aliphatic carbocycles. The summed E-state index contributed by atoms with van der Waals surface area (Å²) in [7, 11) is -2.25. The Labute approximate surface area is 294 Å². The first-order valence-electron chi connectivity index (χ1n) is 16.6. The van der Waals surface area contributed by atoms with Crippen molar-refractivity contribution in [2.75, 3.05) is 17.2 Å². The number of nitrogens with one attached hydrogen (secondary N) is 2. The van der Waals surface area contributed by atoms with E-state index in [2.05, 4.69) is 49.5 Å². The van der Waals surface area contributed by atoms with Crippen LogP contribution in [0.25, 0.3) is 0 Å². The van der Waals surface area contributed by atoms with Gasteiger partial charge < -0.3 is 24.3 Å². The van der Waals surface area contributed by atoms with Gasteiger partial charge in [0.05, 0.1) is 24.3 Å². The van der Waals surface area contributed by atoms with Crippen LogP contribution in [0.15, 0.2) is 60.0 Å². The lowest BCUT2D eigenvalue weighted by molar-refractivity contribution is -0.115. The number of likely N-dealkylation sites (tertiary alicyclic amines) is 1. The molecule has 3 amide bonds. The van der Waals surface area contributed by atoms with Crippen LogP contribution in [0.2, 0.25) is 18.1 Å². The molecule has 11 nitrogen and oxygen atoms in total. The summed E-state index contributed by atoms with van der Waals surface area (Å²) in [5.41, 5.74) is 1.49. The number of hydrogen-bond donors (Lipinski definition) is 3. The minimum atomic E-state index is -2.25. The van der Waals surface area contributed by atoms with E-state index in [1.807, 2.05) is 54.6 Å². The largest absolute Gasteiger partial charge is 0.491 e. The number of amides is 3. The highest BCUT2D eigenvalue weighted by atomic mass is 32.1. The van der Waals surface area contributed by atoms with Crippen LogP contribution in [-0.4, -0.2) is 71.8 Å². The standard InChI is InChI=1S/C36H50N4O7SSi/c1-35(2,3)46-33(42)39-32-38-26(23-48-32)21-31(41)37-25-16-14-24(15-17-25)20-27-18-19-29(40(27)34(43)44)30(47-49(7,8)36(4,5)6)22-45-28-12-10-9-11-13-28/h9-17,23,27,29-30H,18-22H2,1-8H3,(H,37,41)(H,43,44)(H,38,39,42)/t27-,29-,30-/m1/s1. The van der Waals surface area contributed by atoms with Crippen LogP contribution < -0.4 is 15.4 Å². The number of hydrogen-bond acceptors (Lipinski definition) is 8. The first kappa shape index (κ1) is 37.9. The second kappa shape index (κ2) is 15.7. The molecule has 13 heteroatoms. The summed E-state index contributed by atoms with van der Waals surface area (Å²) in [4.78, 5) is 43.4. The van der Waals surface area contributed by atoms with Crippen molar-refractivity contribution in [3.63, 3.8) is 0 Å². The molecule has 3 N–H and O–H groups in total. The highest BCUT2D eigenvalue weighted by Crippen LogP contribution is 2.40. The van der Waals surface area contributed by atoms with Gasteiger partial charge in [-0.1, -0.05) is 51.1 Å². The van der Waals surface area contributed by atoms with Crippen LogP contribution in [0.1, 0.15) is 65.6 Å². The third-order valence-corrected chi connectivity index (χ3v) is 14.1. The maximum Gasteiger partial charge on any atom is 0.413 e. The van der Waals surface area contributed by atoms with Crippen LogP contribution in [0.4, 0.5) is 20.4 Å². The van der Waals surface area contributed by atoms with Crippen molar-refractivity contribution in [3.8, 4) is 5.75 Å². The maximum atomic E-state index is 12.8. The monoisotopic (exact) mass is 710 g/mol. The highest BCUT2D eigenvalue weighted by molar-refractivity contribution is 7.13. The van der Waals surface area contributed by atoms with Crippen LogP contribution in [-0.2, 0) is 26.8 Å². The van der Waals surface area contributed by atoms with E-state index < -0.39 is 32.2 Å². The summed E-state index contributed by atoms with van der Waals surface area (Å²) in [5, 5.41) is 17.9. The van der Waals surface area contributed by atoms with E-state index in [-0.39, 0.29) is 36.1 Å². The fourth-order valence-electron chi connectivity index (χ4n) is 5.45. The second-order valence-electron chi connectivity index (χ2n) is 14.9. The van der Waals surface area contributed by atoms with Gasteiger partial charge in [0.2, 0.25) is 5.91 Å². The van der Waals surface area contributed by atoms with Gasteiger partial charge in [0.25, 0.3) is 0 Å². The summed E-state index contributed by atoms with van der Waals surface area (Å²) in [6.07, 6.45) is -0.0281. The van der Waals surface area contributed by atoms with Crippen molar-refractivity contribution in [1.82, 2.24) is 9.88 Å². The topological polar surface area (TPSA) is 139 Å². The van der Waals surface area contributed by atoms with Gasteiger partial charge in [-0.25, -0.2) is 14.6 Å². The lowest BCUT2D eigenvalue weighted by Gasteiger charge is -2.42. The summed E-state index contributed by atoms with van der Waals surface area (Å²) < 4.78 is 18.3. The summed E-state index contributed by atoms with van der Waals surface area (Å²) in [5.74, 6) is 0.476. The molecule has 0 unspecified atom stereocenters. The van der Waals surface area contributed by atoms with E-state index in [1.54, 1.807) is 31.1 Å². The zero-order valence-corrected chi connectivity index (χ0v) is 31.6. The molecule has 0 saturated carbocycles. The molecule has 1 saturated heterocycles. The van der Waals surface area contributed by atoms with Crippen LogP contribution in [0.3, 0.4) is 0 Å². The molecule has 49 heavy (non-hydrogen) atoms. The minimum Gasteiger partial charge on any atom is -0.491 e. The average Bonchev–Trinajstić information content (AvgIpc) is 3.61. The van der Waals surface area contributed by atoms with E-state index in [0.29, 0.717) is 35.8 Å². The number of carbonyl (C=O) groups is 3. The zero-order chi connectivity index (χ0) is 36.0. The fraction of sp³-hybridized carbons (Fsp3) is 0.500. The number of carbonyl (C=O) groups excluding carboxylic acids is 2. The van der Waals surface area contributed by atoms with E-state index in [0.717, 1.165) is 11.3 Å². The Balaban J connectivity index is 1.37. The Hall–Kier alpha value is -3.94. The van der Waals surface area contributed by atoms with Crippen molar-refractivity contribution in [1.29, 1.82) is 0 Å². The first-order valence-corrected chi connectivity index (χ1v) is 20.4. The number of para-hydroxylation sites is 1. The second-order valence-corrected chi connectivity index (χ2v) is 20.5. The van der Waals surface area contributed by atoms with E-state index in [4.69, 9.17) is 13.9 Å². The van der Waals surface area contributed by atoms with Crippen LogP contribution in [0, 0.1) is 0 Å². The van der Waals surface area contributed by atoms with Crippen molar-refractivity contribution in [2.45, 2.75) is 109 Å². The molecule has 0 bridgehead atoms. The SMILES string of the molecule is CC(C)(C)OC(=O)Nc1nc(CC(=O)Nc2ccc(C[C@H]3CC[C@H]([C@@H](COc4ccccc4)O[Si](C)(C)C(C)(C)C)N3C(=O)O)cc2)cs1. The predicted molar refractivity (Wildman–Crippen MR) is 195 cm³/mol. The van der Waals surface area contributed by atoms with E-state index in [9.17, 15) is 19.5 Å². The molecular formula is C36H50N4O7SSi. The van der Waals surface area contributed by atoms with Crippen LogP contribution in [0.5, 0.6) is 5.75 Å². The number of ether oxygens (including phenoxy) is 2. The Morgan fingerprint density at radius 2 is 1.67 bits per heavy atom. The molecule has 4 rings (SSSR count). The third kappa shape index (κ3) is 11.0. The number of aromatic nitrogens is 1. The van der Waals surface area contributed by atoms with Crippen molar-refractivity contribution < 1.29 is 33.4 Å². The Morgan fingerprint density at radius 3 is 2.29 bits per heavy atom. The smallest absolute Gasteiger partial charge is 0.413 e. The number of carboxylic acid groups (broad SMARTS) is 1. The van der Waals surface area contributed by atoms with Crippen molar-refractivity contribution >= 4 is 48.6 Å². The molecule has 1 fully saturated rings. The first-order chi connectivity index (χ1) is 22.9. The lowest BCUT2D eigenvalue weighted by Crippen LogP contribution is -2.54. The molecule has 1 aliphatic heterocycles. The third-order valence-electron chi connectivity index (χ3n) is 8.82. The summed E-state index contributed by atoms with van der Waals surface area (Å²) >= 11 is 1.22. The molecule has 3 atom stereocenters. The number of anilines is 2. The number of rotatable bonds is 12. The molecule has 2 aromatic carbocycles. The molecule has 266 valence electrons. The molecular weight excluding hydrogens is 661 g/mol. The number of nitrogens with zero attached hydrogens (tertiary/aromatic N) is 2. The number of thiazole rings is 1. The van der Waals surface area contributed by atoms with Gasteiger partial charge in [-0.3, -0.25) is 15.0 Å². The Kier molecular flexibility index (Phi) is 12.2. The normalized spacial score (nSPS) is 17.3. The molecule has 0 spiro atoms. The summed E-state index contributed by atoms with van der Waals surface area (Å²) in [6.45, 7) is 16.5. The van der Waals surface area contributed by atoms with Gasteiger partial charge >= 0.3 is 12.2 Å². The van der Waals surface area contributed by atoms with E-state index >= 15 is 0 Å². The quantitative estimate of drug-likeness (QED) is 0.160. The fourth-order valence-corrected chi connectivity index (χ4v) is 7.48. The van der Waals surface area contributed by atoms with E-state index in [1.165, 1.54) is 11.3 Å². The molecule has 2 heterocycles. The summed E-state index contributed by atoms with van der Waals surface area (Å²) in [6, 6.07) is 16.4. The van der Waals surface area contributed by atoms with Gasteiger partial charge in [0.15, 0.2) is 13.4 Å². The van der Waals surface area contributed by atoms with Crippen molar-refractivity contribution in [3.05, 3.63) is 71.2 Å². The van der Waals surface area contributed by atoms with Gasteiger partial charge in [-0.2, -0.15) is 0 Å². The molecule has 0 radical (unpaired) electrons. The molecule has 1 aromatic heterocycles. The van der Waals surface area contributed by atoms with Gasteiger partial charge in [-0.15, -0.1) is 11.3 Å². The number of benzene rings is 2. The van der Waals surface area contributed by atoms with Gasteiger partial charge in [0.1, 0.15) is 18.0 Å². The zero-order valence-electron chi connectivity index (χ0n) is 29.7. The average molecular weight is 711 g/mol. The van der Waals surface area contributed by atoms with Gasteiger partial charge in [-0.05, 0) is 88.0 Å². The van der Waals surface area contributed by atoms with Gasteiger partial charge in [0, 0.05) is 17.1 Å². The van der Waals surface area contributed by atoms with Crippen LogP contribution >= 0.6 is 11.3 Å². The Morgan fingerprint density at radius 1 is 1.00 bits per heavy atom. The highest BCUT2D eigenvalue weighted by Gasteiger charge is 2.46. The maximum absolute atomic E-state index is 12.8.